The molecule has 3 heteroatoms. The maximum absolute atomic E-state index is 13.7. The van der Waals surface area contributed by atoms with E-state index in [1.165, 1.54) is 64.2 Å². The summed E-state index contributed by atoms with van der Waals surface area (Å²) in [5.74, 6) is 3.86. The normalized spacial score (nSPS) is 52.2. The Hall–Kier alpha value is -0.570. The quantitative estimate of drug-likeness (QED) is 0.569. The molecule has 0 bridgehead atoms. The first-order chi connectivity index (χ1) is 14.7. The summed E-state index contributed by atoms with van der Waals surface area (Å²) in [6.07, 6.45) is 15.8. The summed E-state index contributed by atoms with van der Waals surface area (Å²) in [4.78, 5) is 16.0. The van der Waals surface area contributed by atoms with Crippen molar-refractivity contribution < 1.29 is 9.90 Å². The Balaban J connectivity index is 1.38. The number of piperidine rings is 1. The number of hydrogen-bond donors (Lipinski definition) is 1. The van der Waals surface area contributed by atoms with Gasteiger partial charge in [0.05, 0.1) is 5.60 Å². The lowest BCUT2D eigenvalue weighted by molar-refractivity contribution is -0.163. The van der Waals surface area contributed by atoms with E-state index in [9.17, 15) is 9.90 Å². The molecule has 0 spiro atoms. The molecule has 3 nitrogen and oxygen atoms in total. The van der Waals surface area contributed by atoms with Crippen molar-refractivity contribution in [3.63, 3.8) is 0 Å². The van der Waals surface area contributed by atoms with Crippen LogP contribution in [0.25, 0.3) is 0 Å². The number of carbonyl (C=O) groups excluding carboxylic acids is 1. The molecule has 0 aromatic carbocycles. The minimum atomic E-state index is -0.449. The van der Waals surface area contributed by atoms with E-state index in [4.69, 9.17) is 0 Å². The fourth-order valence-corrected chi connectivity index (χ4v) is 9.98. The molecule has 1 saturated heterocycles. The minimum Gasteiger partial charge on any atom is -0.390 e. The molecule has 1 amide bonds. The van der Waals surface area contributed by atoms with E-state index in [1.54, 1.807) is 0 Å². The van der Waals surface area contributed by atoms with Crippen LogP contribution in [0.4, 0.5) is 0 Å². The molecule has 5 aliphatic rings. The summed E-state index contributed by atoms with van der Waals surface area (Å²) < 4.78 is 0. The summed E-state index contributed by atoms with van der Waals surface area (Å²) in [6, 6.07) is 0.439. The third kappa shape index (κ3) is 3.34. The number of amides is 1. The zero-order valence-corrected chi connectivity index (χ0v) is 20.7. The second kappa shape index (κ2) is 7.74. The van der Waals surface area contributed by atoms with E-state index in [2.05, 4.69) is 32.6 Å². The second-order valence-electron chi connectivity index (χ2n) is 13.0. The van der Waals surface area contributed by atoms with Gasteiger partial charge in [-0.15, -0.1) is 0 Å². The van der Waals surface area contributed by atoms with E-state index in [1.807, 2.05) is 0 Å². The molecule has 5 rings (SSSR count). The number of nitrogens with zero attached hydrogens (tertiary/aromatic N) is 1. The van der Waals surface area contributed by atoms with Crippen molar-refractivity contribution in [3.05, 3.63) is 0 Å². The van der Waals surface area contributed by atoms with Crippen molar-refractivity contribution in [1.82, 2.24) is 4.90 Å². The van der Waals surface area contributed by atoms with Gasteiger partial charge in [0.2, 0.25) is 5.91 Å². The van der Waals surface area contributed by atoms with Crippen LogP contribution in [0.2, 0.25) is 0 Å². The van der Waals surface area contributed by atoms with E-state index in [-0.39, 0.29) is 11.3 Å². The minimum absolute atomic E-state index is 0.220. The maximum atomic E-state index is 13.7. The molecule has 0 aromatic rings. The van der Waals surface area contributed by atoms with Crippen LogP contribution in [-0.2, 0) is 4.79 Å². The first kappa shape index (κ1) is 22.2. The van der Waals surface area contributed by atoms with Crippen LogP contribution in [0, 0.1) is 40.4 Å². The number of hydrogen-bond acceptors (Lipinski definition) is 2. The predicted molar refractivity (Wildman–Crippen MR) is 125 cm³/mol. The molecule has 0 aromatic heterocycles. The predicted octanol–water partition coefficient (Wildman–Crippen LogP) is 6.19. The van der Waals surface area contributed by atoms with Crippen molar-refractivity contribution in [3.8, 4) is 0 Å². The molecule has 176 valence electrons. The molecule has 1 N–H and O–H groups in total. The van der Waals surface area contributed by atoms with Gasteiger partial charge in [0.1, 0.15) is 0 Å². The Bertz CT molecular complexity index is 703. The monoisotopic (exact) mass is 429 g/mol. The first-order valence-corrected chi connectivity index (χ1v) is 13.7. The Morgan fingerprint density at radius 3 is 2.52 bits per heavy atom. The lowest BCUT2D eigenvalue weighted by atomic mass is 9.43. The van der Waals surface area contributed by atoms with Gasteiger partial charge < -0.3 is 10.0 Å². The average Bonchev–Trinajstić information content (AvgIpc) is 3.10. The van der Waals surface area contributed by atoms with Crippen molar-refractivity contribution >= 4 is 5.91 Å². The fraction of sp³-hybridized carbons (Fsp3) is 0.964. The van der Waals surface area contributed by atoms with E-state index in [0.29, 0.717) is 23.3 Å². The summed E-state index contributed by atoms with van der Waals surface area (Å²) in [5, 5.41) is 10.8. The standard InChI is InChI=1S/C28H47NO2/c1-5-28-16-15-26(3,31)18-20(28)9-10-21-22-11-12-24(27(22,4)14-13-23(21)28)25(30)29-17-7-6-8-19(29)2/h19-24,31H,5-18H2,1-4H3/t19-,20+,21-,22-,23-,24+,26+,27-,28-/m0/s1. The maximum Gasteiger partial charge on any atom is 0.226 e. The zero-order valence-electron chi connectivity index (χ0n) is 20.7. The van der Waals surface area contributed by atoms with Gasteiger partial charge in [0.15, 0.2) is 0 Å². The number of fused-ring (bicyclic) bond motifs is 5. The van der Waals surface area contributed by atoms with E-state index < -0.39 is 5.60 Å². The SMILES string of the molecule is CC[C@]12CC[C@@](C)(O)C[C@H]1CC[C@H]1[C@@H]3CC[C@H](C(=O)N4CCCC[C@@H]4C)[C@@]3(C)CC[C@@H]12. The van der Waals surface area contributed by atoms with Gasteiger partial charge in [0.25, 0.3) is 0 Å². The fourth-order valence-electron chi connectivity index (χ4n) is 9.98. The molecule has 9 atom stereocenters. The van der Waals surface area contributed by atoms with Crippen LogP contribution in [0.5, 0.6) is 0 Å². The second-order valence-corrected chi connectivity index (χ2v) is 13.0. The van der Waals surface area contributed by atoms with Gasteiger partial charge in [0, 0.05) is 18.5 Å². The van der Waals surface area contributed by atoms with E-state index in [0.717, 1.165) is 43.6 Å². The van der Waals surface area contributed by atoms with Crippen molar-refractivity contribution in [2.45, 2.75) is 123 Å². The Kier molecular flexibility index (Phi) is 5.55. The Labute approximate surface area is 190 Å². The molecule has 4 saturated carbocycles. The van der Waals surface area contributed by atoms with Gasteiger partial charge in [-0.2, -0.15) is 0 Å². The molecule has 1 heterocycles. The smallest absolute Gasteiger partial charge is 0.226 e. The lowest BCUT2D eigenvalue weighted by Gasteiger charge is -2.63. The van der Waals surface area contributed by atoms with Crippen LogP contribution in [-0.4, -0.2) is 34.1 Å². The molecule has 4 aliphatic carbocycles. The van der Waals surface area contributed by atoms with Gasteiger partial charge in [-0.05, 0) is 132 Å². The largest absolute Gasteiger partial charge is 0.390 e. The van der Waals surface area contributed by atoms with Gasteiger partial charge >= 0.3 is 0 Å². The zero-order chi connectivity index (χ0) is 22.0. The van der Waals surface area contributed by atoms with Crippen LogP contribution in [0.1, 0.15) is 111 Å². The Morgan fingerprint density at radius 2 is 1.77 bits per heavy atom. The molecule has 1 aliphatic heterocycles. The highest BCUT2D eigenvalue weighted by Crippen LogP contribution is 2.69. The molecule has 31 heavy (non-hydrogen) atoms. The van der Waals surface area contributed by atoms with Gasteiger partial charge in [-0.1, -0.05) is 13.8 Å². The molecule has 0 radical (unpaired) electrons. The average molecular weight is 430 g/mol. The molecule has 0 unspecified atom stereocenters. The highest BCUT2D eigenvalue weighted by molar-refractivity contribution is 5.80. The summed E-state index contributed by atoms with van der Waals surface area (Å²) in [6.45, 7) is 10.3. The van der Waals surface area contributed by atoms with E-state index >= 15 is 0 Å². The number of rotatable bonds is 2. The highest BCUT2D eigenvalue weighted by atomic mass is 16.3. The van der Waals surface area contributed by atoms with Crippen LogP contribution in [0.3, 0.4) is 0 Å². The summed E-state index contributed by atoms with van der Waals surface area (Å²) >= 11 is 0. The highest BCUT2D eigenvalue weighted by Gasteiger charge is 2.63. The van der Waals surface area contributed by atoms with Crippen LogP contribution < -0.4 is 0 Å². The molecule has 5 fully saturated rings. The van der Waals surface area contributed by atoms with Crippen molar-refractivity contribution in [2.75, 3.05) is 6.54 Å². The lowest BCUT2D eigenvalue weighted by Crippen LogP contribution is -2.57. The van der Waals surface area contributed by atoms with Crippen LogP contribution >= 0.6 is 0 Å². The topological polar surface area (TPSA) is 40.5 Å². The third-order valence-corrected chi connectivity index (χ3v) is 11.7. The summed E-state index contributed by atoms with van der Waals surface area (Å²) in [5.41, 5.74) is 0.225. The van der Waals surface area contributed by atoms with Crippen LogP contribution in [0.15, 0.2) is 0 Å². The number of carbonyl (C=O) groups is 1. The first-order valence-electron chi connectivity index (χ1n) is 13.7. The number of likely N-dealkylation sites (tertiary alicyclic amines) is 1. The van der Waals surface area contributed by atoms with Crippen molar-refractivity contribution in [1.29, 1.82) is 0 Å². The summed E-state index contributed by atoms with van der Waals surface area (Å²) in [7, 11) is 0. The molecular weight excluding hydrogens is 382 g/mol. The number of aliphatic hydroxyl groups is 1. The van der Waals surface area contributed by atoms with Gasteiger partial charge in [-0.3, -0.25) is 4.79 Å². The van der Waals surface area contributed by atoms with Crippen molar-refractivity contribution in [2.24, 2.45) is 40.4 Å². The Morgan fingerprint density at radius 1 is 0.968 bits per heavy atom. The van der Waals surface area contributed by atoms with Gasteiger partial charge in [-0.25, -0.2) is 0 Å². The third-order valence-electron chi connectivity index (χ3n) is 11.7. The molecular formula is C28H47NO2.